The van der Waals surface area contributed by atoms with Crippen molar-refractivity contribution in [3.63, 3.8) is 0 Å². The summed E-state index contributed by atoms with van der Waals surface area (Å²) in [5.74, 6) is -2.51. The van der Waals surface area contributed by atoms with E-state index in [1.165, 1.54) is 48.5 Å². The predicted octanol–water partition coefficient (Wildman–Crippen LogP) is 2.93. The van der Waals surface area contributed by atoms with Gasteiger partial charge in [0.1, 0.15) is 17.4 Å². The molecule has 0 bridgehead atoms. The Morgan fingerprint density at radius 1 is 1.03 bits per heavy atom. The maximum absolute atomic E-state index is 13.3. The summed E-state index contributed by atoms with van der Waals surface area (Å²) in [7, 11) is -4.21. The second-order valence-electron chi connectivity index (χ2n) is 8.41. The van der Waals surface area contributed by atoms with Crippen molar-refractivity contribution in [2.24, 2.45) is 5.73 Å². The first-order valence-electron chi connectivity index (χ1n) is 10.7. The molecule has 3 N–H and O–H groups in total. The molecule has 0 amide bonds. The molecule has 0 fully saturated rings. The topological polar surface area (TPSA) is 116 Å². The molecule has 3 aromatic rings. The molecule has 1 aliphatic rings. The lowest BCUT2D eigenvalue weighted by Crippen LogP contribution is -2.57. The zero-order valence-corrected chi connectivity index (χ0v) is 20.0. The smallest absolute Gasteiger partial charge is 0.335 e. The van der Waals surface area contributed by atoms with Crippen LogP contribution in [-0.2, 0) is 43.6 Å². The third-order valence-electron chi connectivity index (χ3n) is 5.79. The Bertz CT molecular complexity index is 1350. The molecule has 0 saturated heterocycles. The van der Waals surface area contributed by atoms with Gasteiger partial charge in [0.05, 0.1) is 4.90 Å². The van der Waals surface area contributed by atoms with Gasteiger partial charge in [-0.2, -0.15) is 4.72 Å². The molecule has 0 aromatic heterocycles. The second kappa shape index (κ2) is 9.87. The molecule has 1 aliphatic carbocycles. The van der Waals surface area contributed by atoms with Crippen LogP contribution in [0.25, 0.3) is 0 Å². The first kappa shape index (κ1) is 25.0. The average molecular weight is 517 g/mol. The first-order valence-corrected chi connectivity index (χ1v) is 12.6. The molecule has 0 heterocycles. The normalized spacial score (nSPS) is 15.3. The van der Waals surface area contributed by atoms with Crippen LogP contribution in [0, 0.1) is 5.82 Å². The molecule has 0 saturated carbocycles. The fourth-order valence-electron chi connectivity index (χ4n) is 4.05. The van der Waals surface area contributed by atoms with Crippen molar-refractivity contribution in [2.45, 2.75) is 35.7 Å². The second-order valence-corrected chi connectivity index (χ2v) is 10.5. The van der Waals surface area contributed by atoms with Crippen LogP contribution in [0.5, 0.6) is 0 Å². The van der Waals surface area contributed by atoms with Crippen molar-refractivity contribution in [2.75, 3.05) is 0 Å². The molecule has 182 valence electrons. The molecule has 4 rings (SSSR count). The van der Waals surface area contributed by atoms with E-state index < -0.39 is 39.4 Å². The number of benzene rings is 3. The Hall–Kier alpha value is -3.11. The maximum atomic E-state index is 13.3. The fraction of sp³-hybridized carbons (Fsp3) is 0.200. The van der Waals surface area contributed by atoms with Crippen LogP contribution >= 0.6 is 11.6 Å². The van der Waals surface area contributed by atoms with Gasteiger partial charge in [0.2, 0.25) is 10.0 Å². The summed E-state index contributed by atoms with van der Waals surface area (Å²) in [4.78, 5) is 25.8. The Morgan fingerprint density at radius 2 is 1.66 bits per heavy atom. The maximum Gasteiger partial charge on any atom is 0.335 e. The lowest BCUT2D eigenvalue weighted by Gasteiger charge is -2.27. The predicted molar refractivity (Wildman–Crippen MR) is 128 cm³/mol. The highest BCUT2D eigenvalue weighted by atomic mass is 35.5. The van der Waals surface area contributed by atoms with Crippen molar-refractivity contribution in [1.82, 2.24) is 4.72 Å². The van der Waals surface area contributed by atoms with E-state index in [1.807, 2.05) is 0 Å². The average Bonchev–Trinajstić information content (AvgIpc) is 3.19. The van der Waals surface area contributed by atoms with E-state index in [1.54, 1.807) is 24.3 Å². The zero-order chi connectivity index (χ0) is 25.2. The van der Waals surface area contributed by atoms with E-state index in [0.29, 0.717) is 5.56 Å². The van der Waals surface area contributed by atoms with Crippen molar-refractivity contribution in [1.29, 1.82) is 0 Å². The summed E-state index contributed by atoms with van der Waals surface area (Å²) in [5.41, 5.74) is 6.25. The number of ether oxygens (including phenoxy) is 1. The number of rotatable bonds is 7. The van der Waals surface area contributed by atoms with Gasteiger partial charge in [-0.3, -0.25) is 0 Å². The summed E-state index contributed by atoms with van der Waals surface area (Å²) in [6.07, 6.45) is -0.0155. The Kier molecular flexibility index (Phi) is 7.05. The molecular formula is C25H22ClFN2O5S. The highest BCUT2D eigenvalue weighted by Gasteiger charge is 2.49. The number of hydrogen-bond donors (Lipinski definition) is 2. The molecule has 0 unspecified atom stereocenters. The molecule has 10 heteroatoms. The number of carbonyl (C=O) groups is 2. The number of nitrogens with one attached hydrogen (secondary N) is 1. The van der Waals surface area contributed by atoms with Gasteiger partial charge < -0.3 is 10.5 Å². The van der Waals surface area contributed by atoms with Crippen LogP contribution in [0.1, 0.15) is 16.7 Å². The summed E-state index contributed by atoms with van der Waals surface area (Å²) >= 11 is 5.95. The summed E-state index contributed by atoms with van der Waals surface area (Å²) in [5, 5.41) is 0.209. The fourth-order valence-corrected chi connectivity index (χ4v) is 5.70. The monoisotopic (exact) mass is 516 g/mol. The van der Waals surface area contributed by atoms with Crippen molar-refractivity contribution < 1.29 is 27.1 Å². The van der Waals surface area contributed by atoms with Gasteiger partial charge in [0.25, 0.3) is 0 Å². The molecule has 35 heavy (non-hydrogen) atoms. The van der Waals surface area contributed by atoms with Gasteiger partial charge in [-0.05, 0) is 53.4 Å². The summed E-state index contributed by atoms with van der Waals surface area (Å²) in [6, 6.07) is 16.9. The molecule has 0 spiro atoms. The number of halogens is 2. The number of carbonyl (C=O) groups excluding carboxylic acids is 2. The number of hydrogen-bond acceptors (Lipinski definition) is 6. The van der Waals surface area contributed by atoms with E-state index >= 15 is 0 Å². The van der Waals surface area contributed by atoms with Gasteiger partial charge >= 0.3 is 11.9 Å². The Morgan fingerprint density at radius 3 is 2.26 bits per heavy atom. The number of sulfonamides is 1. The van der Waals surface area contributed by atoms with Crippen LogP contribution in [0.2, 0.25) is 5.02 Å². The number of fused-ring (bicyclic) bond motifs is 1. The van der Waals surface area contributed by atoms with Crippen molar-refractivity contribution in [3.8, 4) is 0 Å². The lowest BCUT2D eigenvalue weighted by molar-refractivity contribution is -0.164. The van der Waals surface area contributed by atoms with E-state index in [0.717, 1.165) is 11.1 Å². The van der Waals surface area contributed by atoms with Crippen LogP contribution in [0.3, 0.4) is 0 Å². The third kappa shape index (κ3) is 5.59. The molecule has 3 aromatic carbocycles. The molecule has 7 nitrogen and oxygen atoms in total. The third-order valence-corrected chi connectivity index (χ3v) is 7.56. The van der Waals surface area contributed by atoms with E-state index in [9.17, 15) is 22.4 Å². The van der Waals surface area contributed by atoms with Crippen LogP contribution in [0.4, 0.5) is 4.39 Å². The van der Waals surface area contributed by atoms with E-state index in [4.69, 9.17) is 22.1 Å². The zero-order valence-electron chi connectivity index (χ0n) is 18.4. The molecule has 0 aliphatic heterocycles. The van der Waals surface area contributed by atoms with Gasteiger partial charge in [0.15, 0.2) is 0 Å². The molecule has 1 atom stereocenters. The van der Waals surface area contributed by atoms with Gasteiger partial charge in [-0.15, -0.1) is 0 Å². The van der Waals surface area contributed by atoms with Crippen LogP contribution < -0.4 is 10.5 Å². The highest BCUT2D eigenvalue weighted by Crippen LogP contribution is 2.33. The van der Waals surface area contributed by atoms with Crippen molar-refractivity contribution >= 4 is 33.6 Å². The Labute approximate surface area is 207 Å². The number of nitrogens with two attached hydrogens (primary N) is 1. The highest BCUT2D eigenvalue weighted by molar-refractivity contribution is 7.89. The van der Waals surface area contributed by atoms with E-state index in [-0.39, 0.29) is 29.2 Å². The first-order chi connectivity index (χ1) is 16.6. The minimum Gasteiger partial charge on any atom is -0.391 e. The van der Waals surface area contributed by atoms with Gasteiger partial charge in [-0.25, -0.2) is 22.4 Å². The summed E-state index contributed by atoms with van der Waals surface area (Å²) < 4.78 is 47.0. The Balaban J connectivity index is 1.57. The minimum atomic E-state index is -4.21. The lowest BCUT2D eigenvalue weighted by atomic mass is 9.97. The standard InChI is InChI=1S/C25H22ClFN2O5S/c26-19-6-3-7-21(13-19)35(32,33)29-25(14-17-4-1-2-5-18(17)15-25)24(31)34-23(30)22(28)12-16-8-10-20(27)11-9-16/h1-11,13,22,29H,12,14-15,28H2/t22-/m0/s1. The molecular weight excluding hydrogens is 495 g/mol. The quantitative estimate of drug-likeness (QED) is 0.368. The van der Waals surface area contributed by atoms with Crippen molar-refractivity contribution in [3.05, 3.63) is 100 Å². The van der Waals surface area contributed by atoms with Crippen LogP contribution in [0.15, 0.2) is 77.7 Å². The van der Waals surface area contributed by atoms with Gasteiger partial charge in [-0.1, -0.05) is 54.1 Å². The number of esters is 2. The SMILES string of the molecule is N[C@@H](Cc1ccc(F)cc1)C(=O)OC(=O)C1(NS(=O)(=O)c2cccc(Cl)c2)Cc2ccccc2C1. The van der Waals surface area contributed by atoms with Crippen LogP contribution in [-0.4, -0.2) is 31.9 Å². The minimum absolute atomic E-state index is 0.00780. The summed E-state index contributed by atoms with van der Waals surface area (Å²) in [6.45, 7) is 0. The van der Waals surface area contributed by atoms with Gasteiger partial charge in [0, 0.05) is 17.9 Å². The van der Waals surface area contributed by atoms with E-state index in [2.05, 4.69) is 4.72 Å². The molecule has 0 radical (unpaired) electrons. The largest absolute Gasteiger partial charge is 0.391 e.